The maximum atomic E-state index is 13.0. The number of nitrogens with zero attached hydrogens (tertiary/aromatic N) is 3. The van der Waals surface area contributed by atoms with Crippen molar-refractivity contribution in [3.63, 3.8) is 0 Å². The molecule has 6 atom stereocenters. The van der Waals surface area contributed by atoms with Gasteiger partial charge < -0.3 is 29.5 Å². The zero-order chi connectivity index (χ0) is 29.3. The molecule has 0 aliphatic carbocycles. The Balaban J connectivity index is 1.81. The van der Waals surface area contributed by atoms with Gasteiger partial charge in [-0.2, -0.15) is 0 Å². The molecule has 0 bridgehead atoms. The van der Waals surface area contributed by atoms with Gasteiger partial charge in [0.15, 0.2) is 6.10 Å². The van der Waals surface area contributed by atoms with E-state index < -0.39 is 36.0 Å². The van der Waals surface area contributed by atoms with E-state index in [4.69, 9.17) is 9.47 Å². The third-order valence-electron chi connectivity index (χ3n) is 7.68. The number of allylic oxidation sites excluding steroid dienone is 3. The molecule has 0 saturated carbocycles. The number of hydrogen-bond donors (Lipinski definition) is 2. The first-order valence-electron chi connectivity index (χ1n) is 14.1. The number of cyclic esters (lactones) is 1. The summed E-state index contributed by atoms with van der Waals surface area (Å²) in [6, 6.07) is 5.80. The summed E-state index contributed by atoms with van der Waals surface area (Å²) in [6.07, 6.45) is 8.23. The maximum absolute atomic E-state index is 13.0. The van der Waals surface area contributed by atoms with Gasteiger partial charge in [-0.05, 0) is 57.5 Å². The minimum absolute atomic E-state index is 0.106. The van der Waals surface area contributed by atoms with Crippen molar-refractivity contribution in [2.45, 2.75) is 76.8 Å². The minimum Gasteiger partial charge on any atom is -0.457 e. The van der Waals surface area contributed by atoms with Gasteiger partial charge in [-0.15, -0.1) is 0 Å². The lowest BCUT2D eigenvalue weighted by atomic mass is 9.88. The molecule has 0 aromatic carbocycles. The number of ether oxygens (including phenoxy) is 2. The zero-order valence-electron chi connectivity index (χ0n) is 24.4. The molecule has 0 spiro atoms. The van der Waals surface area contributed by atoms with Gasteiger partial charge in [0.25, 0.3) is 0 Å². The Morgan fingerprint density at radius 3 is 2.65 bits per heavy atom. The highest BCUT2D eigenvalue weighted by Crippen LogP contribution is 2.27. The molecule has 1 amide bonds. The van der Waals surface area contributed by atoms with Crippen LogP contribution in [-0.2, 0) is 14.3 Å². The third-order valence-corrected chi connectivity index (χ3v) is 7.68. The van der Waals surface area contributed by atoms with Crippen LogP contribution in [0, 0.1) is 5.92 Å². The normalized spacial score (nSPS) is 31.1. The third kappa shape index (κ3) is 9.28. The molecule has 9 heteroatoms. The summed E-state index contributed by atoms with van der Waals surface area (Å²) in [4.78, 5) is 33.9. The van der Waals surface area contributed by atoms with Gasteiger partial charge >= 0.3 is 12.1 Å². The summed E-state index contributed by atoms with van der Waals surface area (Å²) < 4.78 is 11.7. The number of carbonyl (C=O) groups excluding carboxylic acids is 2. The van der Waals surface area contributed by atoms with Crippen LogP contribution in [-0.4, -0.2) is 94.2 Å². The number of amides is 1. The number of hydrogen-bond acceptors (Lipinski definition) is 8. The second-order valence-electron chi connectivity index (χ2n) is 11.3. The van der Waals surface area contributed by atoms with E-state index in [2.05, 4.69) is 16.8 Å². The fourth-order valence-corrected chi connectivity index (χ4v) is 4.84. The van der Waals surface area contributed by atoms with Gasteiger partial charge in [0.1, 0.15) is 11.7 Å². The van der Waals surface area contributed by atoms with E-state index in [9.17, 15) is 19.8 Å². The van der Waals surface area contributed by atoms with Crippen LogP contribution in [0.25, 0.3) is 0 Å². The number of esters is 1. The van der Waals surface area contributed by atoms with Gasteiger partial charge in [-0.1, -0.05) is 44.2 Å². The van der Waals surface area contributed by atoms with Crippen LogP contribution in [0.5, 0.6) is 0 Å². The summed E-state index contributed by atoms with van der Waals surface area (Å²) in [5, 5.41) is 21.8. The molecule has 40 heavy (non-hydrogen) atoms. The van der Waals surface area contributed by atoms with Crippen molar-refractivity contribution in [2.24, 2.45) is 5.92 Å². The molecule has 5 unspecified atom stereocenters. The lowest BCUT2D eigenvalue weighted by molar-refractivity contribution is -0.151. The molecule has 1 aromatic heterocycles. The van der Waals surface area contributed by atoms with Crippen molar-refractivity contribution >= 4 is 12.1 Å². The van der Waals surface area contributed by atoms with Gasteiger partial charge in [0.2, 0.25) is 0 Å². The van der Waals surface area contributed by atoms with Crippen LogP contribution in [0.15, 0.2) is 60.3 Å². The molecular formula is C31H45N3O6. The molecule has 2 N–H and O–H groups in total. The van der Waals surface area contributed by atoms with Crippen molar-refractivity contribution in [3.05, 3.63) is 66.0 Å². The van der Waals surface area contributed by atoms with Crippen molar-refractivity contribution in [3.8, 4) is 0 Å². The first-order valence-corrected chi connectivity index (χ1v) is 14.1. The van der Waals surface area contributed by atoms with Crippen LogP contribution in [0.1, 0.15) is 58.6 Å². The first kappa shape index (κ1) is 31.5. The molecule has 1 fully saturated rings. The summed E-state index contributed by atoms with van der Waals surface area (Å²) in [5.74, 6) is -0.692. The largest absolute Gasteiger partial charge is 0.457 e. The summed E-state index contributed by atoms with van der Waals surface area (Å²) >= 11 is 0. The van der Waals surface area contributed by atoms with E-state index in [-0.39, 0.29) is 31.1 Å². The monoisotopic (exact) mass is 555 g/mol. The molecule has 0 radical (unpaired) electrons. The van der Waals surface area contributed by atoms with Crippen molar-refractivity contribution in [1.82, 2.24) is 14.8 Å². The topological polar surface area (TPSA) is 112 Å². The molecule has 2 aliphatic rings. The smallest absolute Gasteiger partial charge is 0.410 e. The van der Waals surface area contributed by atoms with Crippen LogP contribution in [0.4, 0.5) is 4.79 Å². The van der Waals surface area contributed by atoms with E-state index in [1.54, 1.807) is 24.1 Å². The number of likely N-dealkylation sites (N-methyl/N-ethyl adjacent to an activating group) is 1. The minimum atomic E-state index is -1.44. The quantitative estimate of drug-likeness (QED) is 0.320. The SMILES string of the molecule is C/C(=C\C=C\[C@@H](C)c1ccccn1)C1OC(=O)CC(O)CCC(C)(O)C(OC(=O)N2CCN(C)CC2)/C=C\C1C. The summed E-state index contributed by atoms with van der Waals surface area (Å²) in [5.41, 5.74) is 0.337. The number of carbonyl (C=O) groups is 2. The summed E-state index contributed by atoms with van der Waals surface area (Å²) in [7, 11) is 2.01. The molecule has 1 aromatic rings. The molecule has 2 aliphatic heterocycles. The number of aliphatic hydroxyl groups excluding tert-OH is 1. The Morgan fingerprint density at radius 2 is 1.98 bits per heavy atom. The molecule has 220 valence electrons. The van der Waals surface area contributed by atoms with E-state index in [1.807, 2.05) is 63.4 Å². The van der Waals surface area contributed by atoms with Crippen molar-refractivity contribution in [2.75, 3.05) is 33.2 Å². The Hall–Kier alpha value is -3.01. The van der Waals surface area contributed by atoms with E-state index in [0.717, 1.165) is 24.4 Å². The lowest BCUT2D eigenvalue weighted by Gasteiger charge is -2.36. The average molecular weight is 556 g/mol. The molecule has 3 rings (SSSR count). The first-order chi connectivity index (χ1) is 19.0. The molecule has 1 saturated heterocycles. The molecule has 9 nitrogen and oxygen atoms in total. The van der Waals surface area contributed by atoms with Crippen molar-refractivity contribution < 1.29 is 29.3 Å². The van der Waals surface area contributed by atoms with Crippen molar-refractivity contribution in [1.29, 1.82) is 0 Å². The standard InChI is InChI=1S/C31H45N3O6/c1-22(26-11-6-7-16-32-26)9-8-10-23(2)29-24(3)12-13-27(39-30(37)34-19-17-33(5)18-20-34)31(4,38)15-14-25(35)21-28(36)40-29/h6-13,16,22,24-25,27,29,35,38H,14-15,17-21H2,1-5H3/b9-8+,13-12-,23-10+/t22-,24?,25?,27?,29?,31?/m1/s1. The fraction of sp³-hybridized carbons (Fsp3) is 0.581. The number of rotatable bonds is 5. The van der Waals surface area contributed by atoms with Crippen LogP contribution < -0.4 is 0 Å². The van der Waals surface area contributed by atoms with E-state index in [0.29, 0.717) is 13.1 Å². The van der Waals surface area contributed by atoms with Crippen LogP contribution in [0.3, 0.4) is 0 Å². The highest BCUT2D eigenvalue weighted by Gasteiger charge is 2.36. The van der Waals surface area contributed by atoms with Crippen LogP contribution >= 0.6 is 0 Å². The fourth-order valence-electron chi connectivity index (χ4n) is 4.84. The van der Waals surface area contributed by atoms with Gasteiger partial charge in [-0.3, -0.25) is 9.78 Å². The molecular weight excluding hydrogens is 510 g/mol. The lowest BCUT2D eigenvalue weighted by Crippen LogP contribution is -2.50. The predicted octanol–water partition coefficient (Wildman–Crippen LogP) is 3.84. The second-order valence-corrected chi connectivity index (χ2v) is 11.3. The number of piperazine rings is 1. The Kier molecular flexibility index (Phi) is 11.5. The highest BCUT2D eigenvalue weighted by atomic mass is 16.6. The Labute approximate surface area is 238 Å². The number of pyridine rings is 1. The van der Waals surface area contributed by atoms with E-state index in [1.165, 1.54) is 0 Å². The van der Waals surface area contributed by atoms with E-state index >= 15 is 0 Å². The van der Waals surface area contributed by atoms with Crippen LogP contribution in [0.2, 0.25) is 0 Å². The highest BCUT2D eigenvalue weighted by molar-refractivity contribution is 5.70. The number of aliphatic hydroxyl groups is 2. The van der Waals surface area contributed by atoms with Gasteiger partial charge in [-0.25, -0.2) is 4.79 Å². The van der Waals surface area contributed by atoms with Gasteiger partial charge in [0.05, 0.1) is 12.5 Å². The summed E-state index contributed by atoms with van der Waals surface area (Å²) in [6.45, 7) is 10.1. The predicted molar refractivity (Wildman–Crippen MR) is 154 cm³/mol. The number of aromatic nitrogens is 1. The average Bonchev–Trinajstić information content (AvgIpc) is 2.92. The maximum Gasteiger partial charge on any atom is 0.410 e. The Morgan fingerprint density at radius 1 is 1.25 bits per heavy atom. The second kappa shape index (κ2) is 14.6. The van der Waals surface area contributed by atoms with Gasteiger partial charge in [0, 0.05) is 49.9 Å². The molecule has 3 heterocycles. The Bertz CT molecular complexity index is 1060. The zero-order valence-corrected chi connectivity index (χ0v) is 24.4.